The van der Waals surface area contributed by atoms with Crippen LogP contribution in [-0.4, -0.2) is 36.6 Å². The van der Waals surface area contributed by atoms with E-state index in [0.29, 0.717) is 17.1 Å². The van der Waals surface area contributed by atoms with Crippen molar-refractivity contribution in [2.75, 3.05) is 6.54 Å². The summed E-state index contributed by atoms with van der Waals surface area (Å²) in [6, 6.07) is 4.35. The molecule has 0 aliphatic heterocycles. The van der Waals surface area contributed by atoms with Crippen LogP contribution in [0.2, 0.25) is 0 Å². The molecule has 1 aliphatic rings. The Morgan fingerprint density at radius 2 is 1.84 bits per heavy atom. The highest BCUT2D eigenvalue weighted by molar-refractivity contribution is 7.89. The van der Waals surface area contributed by atoms with Gasteiger partial charge >= 0.3 is 6.18 Å². The number of hydrogen-bond donors (Lipinski definition) is 1. The Morgan fingerprint density at radius 3 is 2.32 bits per heavy atom. The van der Waals surface area contributed by atoms with Gasteiger partial charge in [-0.2, -0.15) is 17.5 Å². The van der Waals surface area contributed by atoms with Gasteiger partial charge in [0.2, 0.25) is 10.0 Å². The Hall–Kier alpha value is -1.28. The van der Waals surface area contributed by atoms with Gasteiger partial charge in [0.05, 0.1) is 0 Å². The highest BCUT2D eigenvalue weighted by atomic mass is 32.2. The van der Waals surface area contributed by atoms with E-state index in [9.17, 15) is 26.7 Å². The fraction of sp³-hybridized carbons (Fsp3) is 0.455. The van der Waals surface area contributed by atoms with Crippen molar-refractivity contribution in [3.05, 3.63) is 24.3 Å². The molecule has 1 fully saturated rings. The lowest BCUT2D eigenvalue weighted by molar-refractivity contribution is -0.137. The van der Waals surface area contributed by atoms with Crippen molar-refractivity contribution in [3.8, 4) is 5.75 Å². The fourth-order valence-electron chi connectivity index (χ4n) is 1.75. The van der Waals surface area contributed by atoms with Gasteiger partial charge < -0.3 is 5.11 Å². The monoisotopic (exact) mass is 295 g/mol. The third-order valence-corrected chi connectivity index (χ3v) is 4.69. The van der Waals surface area contributed by atoms with Gasteiger partial charge in [0.15, 0.2) is 0 Å². The average molecular weight is 295 g/mol. The van der Waals surface area contributed by atoms with Crippen molar-refractivity contribution in [3.63, 3.8) is 0 Å². The lowest BCUT2D eigenvalue weighted by Crippen LogP contribution is -2.40. The second-order valence-electron chi connectivity index (χ2n) is 4.36. The predicted molar refractivity (Wildman–Crippen MR) is 61.1 cm³/mol. The van der Waals surface area contributed by atoms with Gasteiger partial charge in [0, 0.05) is 6.04 Å². The van der Waals surface area contributed by atoms with Crippen molar-refractivity contribution in [2.45, 2.75) is 30.0 Å². The Bertz CT molecular complexity index is 567. The molecule has 1 saturated carbocycles. The van der Waals surface area contributed by atoms with Crippen molar-refractivity contribution in [1.29, 1.82) is 0 Å². The molecular weight excluding hydrogens is 283 g/mol. The third kappa shape index (κ3) is 3.19. The topological polar surface area (TPSA) is 57.6 Å². The first-order valence-corrected chi connectivity index (χ1v) is 7.02. The molecule has 19 heavy (non-hydrogen) atoms. The lowest BCUT2D eigenvalue weighted by Gasteiger charge is -2.23. The number of phenolic OH excluding ortho intramolecular Hbond substituents is 1. The van der Waals surface area contributed by atoms with Crippen LogP contribution in [0.3, 0.4) is 0 Å². The maximum Gasteiger partial charge on any atom is 0.402 e. The molecule has 0 heterocycles. The number of alkyl halides is 3. The Balaban J connectivity index is 2.38. The summed E-state index contributed by atoms with van der Waals surface area (Å²) >= 11 is 0. The number of rotatable bonds is 4. The summed E-state index contributed by atoms with van der Waals surface area (Å²) in [4.78, 5) is -0.494. The predicted octanol–water partition coefficient (Wildman–Crippen LogP) is 2.11. The standard InChI is InChI=1S/C11H12F3NO3S/c12-11(13,14)7-15(8-5-6-8)19(17,18)10-4-2-1-3-9(10)16/h1-4,8,16H,5-7H2. The van der Waals surface area contributed by atoms with Crippen LogP contribution < -0.4 is 0 Å². The molecule has 8 heteroatoms. The van der Waals surface area contributed by atoms with E-state index in [0.717, 1.165) is 12.1 Å². The van der Waals surface area contributed by atoms with Crippen LogP contribution in [0.15, 0.2) is 29.2 Å². The molecule has 0 radical (unpaired) electrons. The maximum atomic E-state index is 12.5. The van der Waals surface area contributed by atoms with Gasteiger partial charge in [0.1, 0.15) is 17.2 Å². The normalized spacial score (nSPS) is 16.8. The van der Waals surface area contributed by atoms with Gasteiger partial charge in [-0.15, -0.1) is 0 Å². The highest BCUT2D eigenvalue weighted by Gasteiger charge is 2.45. The van der Waals surface area contributed by atoms with E-state index < -0.39 is 39.4 Å². The second kappa shape index (κ2) is 4.68. The minimum atomic E-state index is -4.61. The molecule has 106 valence electrons. The Kier molecular flexibility index (Phi) is 3.48. The Labute approximate surface area is 108 Å². The van der Waals surface area contributed by atoms with Crippen LogP contribution >= 0.6 is 0 Å². The number of sulfonamides is 1. The molecule has 4 nitrogen and oxygen atoms in total. The van der Waals surface area contributed by atoms with Crippen molar-refractivity contribution >= 4 is 10.0 Å². The molecular formula is C11H12F3NO3S. The number of aromatic hydroxyl groups is 1. The highest BCUT2D eigenvalue weighted by Crippen LogP contribution is 2.36. The van der Waals surface area contributed by atoms with E-state index in [-0.39, 0.29) is 0 Å². The smallest absolute Gasteiger partial charge is 0.402 e. The molecule has 1 aliphatic carbocycles. The van der Waals surface area contributed by atoms with Crippen LogP contribution in [0.5, 0.6) is 5.75 Å². The van der Waals surface area contributed by atoms with E-state index in [1.54, 1.807) is 0 Å². The minimum absolute atomic E-state index is 0.406. The summed E-state index contributed by atoms with van der Waals surface area (Å²) in [6.45, 7) is -1.53. The van der Waals surface area contributed by atoms with Crippen molar-refractivity contribution in [2.24, 2.45) is 0 Å². The summed E-state index contributed by atoms with van der Waals surface area (Å²) in [6.07, 6.45) is -3.80. The van der Waals surface area contributed by atoms with Crippen molar-refractivity contribution < 1.29 is 26.7 Å². The minimum Gasteiger partial charge on any atom is -0.507 e. The van der Waals surface area contributed by atoms with Gasteiger partial charge in [-0.1, -0.05) is 12.1 Å². The zero-order valence-corrected chi connectivity index (χ0v) is 10.6. The fourth-order valence-corrected chi connectivity index (χ4v) is 3.51. The van der Waals surface area contributed by atoms with E-state index in [4.69, 9.17) is 0 Å². The summed E-state index contributed by atoms with van der Waals surface area (Å²) in [7, 11) is -4.34. The summed E-state index contributed by atoms with van der Waals surface area (Å²) in [5.41, 5.74) is 0. The van der Waals surface area contributed by atoms with Crippen molar-refractivity contribution in [1.82, 2.24) is 4.31 Å². The Morgan fingerprint density at radius 1 is 1.26 bits per heavy atom. The molecule has 1 N–H and O–H groups in total. The molecule has 2 rings (SSSR count). The van der Waals surface area contributed by atoms with Gasteiger partial charge in [0.25, 0.3) is 0 Å². The zero-order chi connectivity index (χ0) is 14.3. The number of para-hydroxylation sites is 1. The van der Waals surface area contributed by atoms with Crippen LogP contribution in [0.25, 0.3) is 0 Å². The maximum absolute atomic E-state index is 12.5. The number of benzene rings is 1. The first-order chi connectivity index (χ1) is 8.72. The van der Waals surface area contributed by atoms with E-state index in [1.807, 2.05) is 0 Å². The van der Waals surface area contributed by atoms with E-state index in [1.165, 1.54) is 12.1 Å². The van der Waals surface area contributed by atoms with Gasteiger partial charge in [-0.3, -0.25) is 0 Å². The van der Waals surface area contributed by atoms with E-state index in [2.05, 4.69) is 0 Å². The number of nitrogens with zero attached hydrogens (tertiary/aromatic N) is 1. The summed E-state index contributed by atoms with van der Waals surface area (Å²) in [5.74, 6) is -0.546. The lowest BCUT2D eigenvalue weighted by atomic mass is 10.3. The molecule has 1 aromatic rings. The average Bonchev–Trinajstić information content (AvgIpc) is 3.08. The zero-order valence-electron chi connectivity index (χ0n) is 9.76. The summed E-state index contributed by atoms with van der Waals surface area (Å²) < 4.78 is 62.2. The summed E-state index contributed by atoms with van der Waals surface area (Å²) in [5, 5.41) is 9.51. The quantitative estimate of drug-likeness (QED) is 0.925. The molecule has 0 amide bonds. The molecule has 0 unspecified atom stereocenters. The molecule has 0 aromatic heterocycles. The van der Waals surface area contributed by atoms with Crippen LogP contribution in [0.4, 0.5) is 13.2 Å². The van der Waals surface area contributed by atoms with Gasteiger partial charge in [-0.05, 0) is 25.0 Å². The number of hydrogen-bond acceptors (Lipinski definition) is 3. The molecule has 0 bridgehead atoms. The second-order valence-corrected chi connectivity index (χ2v) is 6.22. The van der Waals surface area contributed by atoms with Crippen LogP contribution in [0, 0.1) is 0 Å². The van der Waals surface area contributed by atoms with Gasteiger partial charge in [-0.25, -0.2) is 8.42 Å². The first kappa shape index (κ1) is 14.1. The molecule has 1 aromatic carbocycles. The van der Waals surface area contributed by atoms with E-state index >= 15 is 0 Å². The largest absolute Gasteiger partial charge is 0.507 e. The van der Waals surface area contributed by atoms with Crippen LogP contribution in [-0.2, 0) is 10.0 Å². The molecule has 0 atom stereocenters. The first-order valence-electron chi connectivity index (χ1n) is 5.58. The SMILES string of the molecule is O=S(=O)(c1ccccc1O)N(CC(F)(F)F)C1CC1. The number of phenols is 1. The van der Waals surface area contributed by atoms with Crippen LogP contribution in [0.1, 0.15) is 12.8 Å². The third-order valence-electron chi connectivity index (χ3n) is 2.74. The molecule has 0 saturated heterocycles. The molecule has 0 spiro atoms. The number of halogens is 3.